The van der Waals surface area contributed by atoms with E-state index in [1.165, 1.54) is 18.3 Å². The SMILES string of the molecule is C=CC(=O)Nc1ccc(-c2c(-c3ccc(Oc4ccn(C5CC5)n4)c(F)c3)c3c(N)ncc(C#N)c3n2C)cc1. The van der Waals surface area contributed by atoms with Crippen LogP contribution < -0.4 is 15.8 Å². The van der Waals surface area contributed by atoms with Crippen LogP contribution in [0.5, 0.6) is 11.6 Å². The number of nitriles is 1. The van der Waals surface area contributed by atoms with Gasteiger partial charge in [0.15, 0.2) is 11.6 Å². The molecule has 0 spiro atoms. The molecule has 0 radical (unpaired) electrons. The third-order valence-corrected chi connectivity index (χ3v) is 6.91. The first kappa shape index (κ1) is 24.9. The molecule has 3 aromatic heterocycles. The fraction of sp³-hybridized carbons (Fsp3) is 0.133. The second-order valence-corrected chi connectivity index (χ2v) is 9.56. The number of pyridine rings is 1. The van der Waals surface area contributed by atoms with Crippen LogP contribution in [0.3, 0.4) is 0 Å². The zero-order valence-corrected chi connectivity index (χ0v) is 21.6. The Morgan fingerprint density at radius 3 is 2.65 bits per heavy atom. The number of benzene rings is 2. The molecule has 1 amide bonds. The summed E-state index contributed by atoms with van der Waals surface area (Å²) in [7, 11) is 1.82. The average molecular weight is 534 g/mol. The summed E-state index contributed by atoms with van der Waals surface area (Å²) in [6.45, 7) is 3.47. The number of carbonyl (C=O) groups is 1. The van der Waals surface area contributed by atoms with E-state index in [1.807, 2.05) is 34.6 Å². The first-order valence-corrected chi connectivity index (χ1v) is 12.6. The number of rotatable bonds is 7. The lowest BCUT2D eigenvalue weighted by Gasteiger charge is -2.12. The number of nitrogens with one attached hydrogen (secondary N) is 1. The third kappa shape index (κ3) is 4.33. The summed E-state index contributed by atoms with van der Waals surface area (Å²) in [5.74, 6) is -0.329. The Balaban J connectivity index is 1.47. The molecule has 5 aromatic rings. The second-order valence-electron chi connectivity index (χ2n) is 9.56. The number of hydrogen-bond acceptors (Lipinski definition) is 6. The van der Waals surface area contributed by atoms with Crippen LogP contribution in [0.25, 0.3) is 33.3 Å². The van der Waals surface area contributed by atoms with Gasteiger partial charge in [-0.1, -0.05) is 24.8 Å². The number of halogens is 1. The van der Waals surface area contributed by atoms with Crippen molar-refractivity contribution in [2.75, 3.05) is 11.1 Å². The molecule has 0 unspecified atom stereocenters. The van der Waals surface area contributed by atoms with Crippen molar-refractivity contribution in [3.8, 4) is 40.1 Å². The molecular weight excluding hydrogens is 509 g/mol. The molecule has 1 saturated carbocycles. The maximum atomic E-state index is 15.5. The number of hydrogen-bond donors (Lipinski definition) is 2. The second kappa shape index (κ2) is 9.71. The maximum absolute atomic E-state index is 15.5. The van der Waals surface area contributed by atoms with Gasteiger partial charge in [0.05, 0.1) is 28.2 Å². The first-order valence-electron chi connectivity index (χ1n) is 12.6. The summed E-state index contributed by atoms with van der Waals surface area (Å²) >= 11 is 0. The van der Waals surface area contributed by atoms with Gasteiger partial charge in [-0.2, -0.15) is 5.26 Å². The minimum Gasteiger partial charge on any atom is -0.434 e. The van der Waals surface area contributed by atoms with Crippen molar-refractivity contribution < 1.29 is 13.9 Å². The molecule has 0 aliphatic heterocycles. The molecule has 0 bridgehead atoms. The van der Waals surface area contributed by atoms with Crippen LogP contribution in [0, 0.1) is 17.1 Å². The Morgan fingerprint density at radius 1 is 1.23 bits per heavy atom. The predicted molar refractivity (Wildman–Crippen MR) is 150 cm³/mol. The van der Waals surface area contributed by atoms with E-state index in [-0.39, 0.29) is 17.5 Å². The zero-order valence-electron chi connectivity index (χ0n) is 21.6. The highest BCUT2D eigenvalue weighted by atomic mass is 19.1. The molecule has 3 heterocycles. The highest BCUT2D eigenvalue weighted by Gasteiger charge is 2.26. The van der Waals surface area contributed by atoms with E-state index >= 15 is 4.39 Å². The van der Waals surface area contributed by atoms with Gasteiger partial charge in [0.25, 0.3) is 0 Å². The van der Waals surface area contributed by atoms with Crippen LogP contribution in [-0.4, -0.2) is 25.2 Å². The summed E-state index contributed by atoms with van der Waals surface area (Å²) in [5.41, 5.74) is 10.5. The van der Waals surface area contributed by atoms with Crippen molar-refractivity contribution in [1.29, 1.82) is 5.26 Å². The molecule has 6 rings (SSSR count). The van der Waals surface area contributed by atoms with Crippen molar-refractivity contribution in [2.24, 2.45) is 7.05 Å². The molecule has 2 aromatic carbocycles. The molecule has 10 heteroatoms. The first-order chi connectivity index (χ1) is 19.4. The summed E-state index contributed by atoms with van der Waals surface area (Å²) in [6.07, 6.45) is 6.61. The normalized spacial score (nSPS) is 12.7. The molecule has 9 nitrogen and oxygen atoms in total. The summed E-state index contributed by atoms with van der Waals surface area (Å²) in [5, 5.41) is 17.5. The van der Waals surface area contributed by atoms with Gasteiger partial charge in [-0.05, 0) is 54.3 Å². The van der Waals surface area contributed by atoms with E-state index in [0.29, 0.717) is 50.9 Å². The van der Waals surface area contributed by atoms with Crippen molar-refractivity contribution in [2.45, 2.75) is 18.9 Å². The summed E-state index contributed by atoms with van der Waals surface area (Å²) < 4.78 is 24.9. The Bertz CT molecular complexity index is 1840. The lowest BCUT2D eigenvalue weighted by molar-refractivity contribution is -0.111. The molecular formula is C30H24FN7O2. The van der Waals surface area contributed by atoms with Crippen molar-refractivity contribution in [3.05, 3.63) is 85.0 Å². The van der Waals surface area contributed by atoms with Gasteiger partial charge in [0, 0.05) is 36.8 Å². The highest BCUT2D eigenvalue weighted by molar-refractivity contribution is 6.10. The number of amides is 1. The zero-order chi connectivity index (χ0) is 28.0. The van der Waals surface area contributed by atoms with E-state index in [1.54, 1.807) is 30.3 Å². The smallest absolute Gasteiger partial charge is 0.247 e. The molecule has 198 valence electrons. The van der Waals surface area contributed by atoms with Gasteiger partial charge in [0.1, 0.15) is 11.9 Å². The molecule has 3 N–H and O–H groups in total. The van der Waals surface area contributed by atoms with Gasteiger partial charge in [0.2, 0.25) is 11.8 Å². The van der Waals surface area contributed by atoms with Crippen LogP contribution in [0.2, 0.25) is 0 Å². The largest absolute Gasteiger partial charge is 0.434 e. The van der Waals surface area contributed by atoms with E-state index in [9.17, 15) is 10.1 Å². The van der Waals surface area contributed by atoms with Crippen LogP contribution in [0.15, 0.2) is 73.6 Å². The molecule has 40 heavy (non-hydrogen) atoms. The van der Waals surface area contributed by atoms with E-state index < -0.39 is 5.82 Å². The van der Waals surface area contributed by atoms with Crippen molar-refractivity contribution in [3.63, 3.8) is 0 Å². The maximum Gasteiger partial charge on any atom is 0.247 e. The van der Waals surface area contributed by atoms with Crippen molar-refractivity contribution >= 4 is 28.3 Å². The Kier molecular flexibility index (Phi) is 6.04. The Morgan fingerprint density at radius 2 is 1.98 bits per heavy atom. The van der Waals surface area contributed by atoms with E-state index in [4.69, 9.17) is 10.5 Å². The molecule has 1 fully saturated rings. The predicted octanol–water partition coefficient (Wildman–Crippen LogP) is 5.95. The van der Waals surface area contributed by atoms with E-state index in [0.717, 1.165) is 18.4 Å². The summed E-state index contributed by atoms with van der Waals surface area (Å²) in [4.78, 5) is 16.0. The molecule has 1 aliphatic carbocycles. The molecule has 0 atom stereocenters. The number of ether oxygens (including phenoxy) is 1. The van der Waals surface area contributed by atoms with E-state index in [2.05, 4.69) is 28.0 Å². The molecule has 0 saturated heterocycles. The quantitative estimate of drug-likeness (QED) is 0.249. The van der Waals surface area contributed by atoms with Gasteiger partial charge < -0.3 is 20.4 Å². The van der Waals surface area contributed by atoms with Crippen LogP contribution in [-0.2, 0) is 11.8 Å². The number of nitrogen functional groups attached to an aromatic ring is 1. The fourth-order valence-electron chi connectivity index (χ4n) is 4.88. The van der Waals surface area contributed by atoms with Gasteiger partial charge in [-0.25, -0.2) is 9.37 Å². The average Bonchev–Trinajstić information content (AvgIpc) is 3.63. The van der Waals surface area contributed by atoms with Gasteiger partial charge in [-0.3, -0.25) is 9.48 Å². The Hall–Kier alpha value is -5.43. The lowest BCUT2D eigenvalue weighted by atomic mass is 9.97. The van der Waals surface area contributed by atoms with Crippen LogP contribution in [0.4, 0.5) is 15.9 Å². The fourth-order valence-corrected chi connectivity index (χ4v) is 4.88. The van der Waals surface area contributed by atoms with Gasteiger partial charge in [-0.15, -0.1) is 5.10 Å². The highest BCUT2D eigenvalue weighted by Crippen LogP contribution is 2.44. The molecule has 1 aliphatic rings. The number of nitrogens with two attached hydrogens (primary N) is 1. The number of carbonyl (C=O) groups excluding carboxylic acids is 1. The number of fused-ring (bicyclic) bond motifs is 1. The monoisotopic (exact) mass is 533 g/mol. The number of nitrogens with zero attached hydrogens (tertiary/aromatic N) is 5. The number of anilines is 2. The van der Waals surface area contributed by atoms with Crippen LogP contribution >= 0.6 is 0 Å². The third-order valence-electron chi connectivity index (χ3n) is 6.91. The van der Waals surface area contributed by atoms with Gasteiger partial charge >= 0.3 is 0 Å². The summed E-state index contributed by atoms with van der Waals surface area (Å²) in [6, 6.07) is 16.1. The number of aromatic nitrogens is 4. The minimum atomic E-state index is -0.577. The number of aryl methyl sites for hydroxylation is 1. The van der Waals surface area contributed by atoms with Crippen LogP contribution in [0.1, 0.15) is 24.4 Å². The Labute approximate surface area is 228 Å². The van der Waals surface area contributed by atoms with Crippen molar-refractivity contribution in [1.82, 2.24) is 19.3 Å². The standard InChI is InChI=1S/C30H24FN7O2/c1-3-24(39)35-20-7-4-17(5-8-20)28-26(27-29(37(28)2)19(15-32)16-34-30(27)33)18-6-11-23(22(31)14-18)40-25-12-13-38(36-25)21-9-10-21/h3-8,11-14,16,21H,1,9-10H2,2H3,(H2,33,34)(H,35,39). The minimum absolute atomic E-state index is 0.0395. The topological polar surface area (TPSA) is 124 Å². The lowest BCUT2D eigenvalue weighted by Crippen LogP contribution is -2.06.